The topological polar surface area (TPSA) is 58.4 Å². The minimum Gasteiger partial charge on any atom is -0.368 e. The van der Waals surface area contributed by atoms with Crippen molar-refractivity contribution in [3.8, 4) is 0 Å². The van der Waals surface area contributed by atoms with Crippen LogP contribution in [0, 0.1) is 10.1 Å². The third kappa shape index (κ3) is 2.74. The molecule has 0 radical (unpaired) electrons. The highest BCUT2D eigenvalue weighted by atomic mass is 16.6. The lowest BCUT2D eigenvalue weighted by molar-refractivity contribution is -0.384. The Morgan fingerprint density at radius 3 is 2.59 bits per heavy atom. The molecule has 1 saturated heterocycles. The van der Waals surface area contributed by atoms with Crippen molar-refractivity contribution >= 4 is 11.4 Å². The first-order valence-electron chi connectivity index (χ1n) is 5.81. The molecule has 1 aromatic carbocycles. The summed E-state index contributed by atoms with van der Waals surface area (Å²) in [6, 6.07) is 7.64. The van der Waals surface area contributed by atoms with Crippen LogP contribution >= 0.6 is 0 Å². The van der Waals surface area contributed by atoms with Crippen molar-refractivity contribution in [2.24, 2.45) is 0 Å². The predicted octanol–water partition coefficient (Wildman–Crippen LogP) is 1.78. The number of nitro benzene ring substituents is 1. The van der Waals surface area contributed by atoms with E-state index in [0.717, 1.165) is 18.8 Å². The quantitative estimate of drug-likeness (QED) is 0.627. The predicted molar refractivity (Wildman–Crippen MR) is 67.4 cm³/mol. The van der Waals surface area contributed by atoms with Gasteiger partial charge in [-0.05, 0) is 19.9 Å². The Bertz CT molecular complexity index is 412. The molecule has 1 fully saturated rings. The molecule has 0 aliphatic carbocycles. The second-order valence-corrected chi connectivity index (χ2v) is 4.65. The highest BCUT2D eigenvalue weighted by Crippen LogP contribution is 2.22. The summed E-state index contributed by atoms with van der Waals surface area (Å²) in [5, 5.41) is 14.2. The number of non-ortho nitro benzene ring substituents is 1. The van der Waals surface area contributed by atoms with Crippen LogP contribution in [0.3, 0.4) is 0 Å². The fourth-order valence-corrected chi connectivity index (χ4v) is 2.34. The molecule has 2 rings (SSSR count). The van der Waals surface area contributed by atoms with Gasteiger partial charge in [0.1, 0.15) is 0 Å². The Kier molecular flexibility index (Phi) is 3.28. The Balaban J connectivity index is 2.21. The summed E-state index contributed by atoms with van der Waals surface area (Å²) in [5.74, 6) is 0. The van der Waals surface area contributed by atoms with E-state index in [-0.39, 0.29) is 10.6 Å². The summed E-state index contributed by atoms with van der Waals surface area (Å²) in [6.45, 7) is 6.01. The normalized spacial score (nSPS) is 24.7. The van der Waals surface area contributed by atoms with Gasteiger partial charge in [0, 0.05) is 43.0 Å². The van der Waals surface area contributed by atoms with Crippen LogP contribution in [-0.4, -0.2) is 30.1 Å². The SMILES string of the molecule is CC1CN(c2cccc([N+](=O)[O-])c2)CC(C)N1. The van der Waals surface area contributed by atoms with Gasteiger partial charge in [-0.2, -0.15) is 0 Å². The van der Waals surface area contributed by atoms with E-state index in [0.29, 0.717) is 12.1 Å². The minimum absolute atomic E-state index is 0.154. The number of rotatable bonds is 2. The van der Waals surface area contributed by atoms with E-state index in [9.17, 15) is 10.1 Å². The van der Waals surface area contributed by atoms with E-state index in [1.807, 2.05) is 6.07 Å². The van der Waals surface area contributed by atoms with Crippen LogP contribution in [-0.2, 0) is 0 Å². The maximum absolute atomic E-state index is 10.7. The number of benzene rings is 1. The summed E-state index contributed by atoms with van der Waals surface area (Å²) in [6.07, 6.45) is 0. The number of hydrogen-bond donors (Lipinski definition) is 1. The highest BCUT2D eigenvalue weighted by molar-refractivity contribution is 5.53. The summed E-state index contributed by atoms with van der Waals surface area (Å²) in [7, 11) is 0. The summed E-state index contributed by atoms with van der Waals surface area (Å²) in [5.41, 5.74) is 1.08. The van der Waals surface area contributed by atoms with Gasteiger partial charge in [0.15, 0.2) is 0 Å². The maximum Gasteiger partial charge on any atom is 0.271 e. The molecular formula is C12H17N3O2. The van der Waals surface area contributed by atoms with E-state index < -0.39 is 0 Å². The average Bonchev–Trinajstić information content (AvgIpc) is 2.28. The van der Waals surface area contributed by atoms with Crippen LogP contribution in [0.25, 0.3) is 0 Å². The molecular weight excluding hydrogens is 218 g/mol. The summed E-state index contributed by atoms with van der Waals surface area (Å²) in [4.78, 5) is 12.6. The van der Waals surface area contributed by atoms with Crippen molar-refractivity contribution in [1.29, 1.82) is 0 Å². The molecule has 0 spiro atoms. The van der Waals surface area contributed by atoms with Crippen molar-refractivity contribution in [3.63, 3.8) is 0 Å². The number of anilines is 1. The largest absolute Gasteiger partial charge is 0.368 e. The van der Waals surface area contributed by atoms with Gasteiger partial charge in [-0.1, -0.05) is 6.07 Å². The zero-order valence-corrected chi connectivity index (χ0v) is 10.1. The minimum atomic E-state index is -0.349. The molecule has 92 valence electrons. The second kappa shape index (κ2) is 4.71. The van der Waals surface area contributed by atoms with Gasteiger partial charge < -0.3 is 10.2 Å². The molecule has 5 heteroatoms. The monoisotopic (exact) mass is 235 g/mol. The Labute approximate surface area is 101 Å². The highest BCUT2D eigenvalue weighted by Gasteiger charge is 2.21. The molecule has 0 amide bonds. The number of nitrogens with one attached hydrogen (secondary N) is 1. The first kappa shape index (κ1) is 11.9. The number of hydrogen-bond acceptors (Lipinski definition) is 4. The molecule has 0 saturated carbocycles. The fraction of sp³-hybridized carbons (Fsp3) is 0.500. The Morgan fingerprint density at radius 1 is 1.35 bits per heavy atom. The molecule has 1 aromatic rings. The number of nitrogens with zero attached hydrogens (tertiary/aromatic N) is 2. The van der Waals surface area contributed by atoms with Gasteiger partial charge in [-0.25, -0.2) is 0 Å². The third-order valence-electron chi connectivity index (χ3n) is 2.96. The van der Waals surface area contributed by atoms with Gasteiger partial charge in [-0.3, -0.25) is 10.1 Å². The molecule has 1 aliphatic rings. The van der Waals surface area contributed by atoms with Crippen molar-refractivity contribution < 1.29 is 4.92 Å². The molecule has 2 atom stereocenters. The molecule has 0 bridgehead atoms. The maximum atomic E-state index is 10.7. The Hall–Kier alpha value is -1.62. The van der Waals surface area contributed by atoms with Crippen molar-refractivity contribution in [1.82, 2.24) is 5.32 Å². The fourth-order valence-electron chi connectivity index (χ4n) is 2.34. The lowest BCUT2D eigenvalue weighted by Crippen LogP contribution is -2.54. The van der Waals surface area contributed by atoms with Crippen LogP contribution in [0.1, 0.15) is 13.8 Å². The van der Waals surface area contributed by atoms with Crippen LogP contribution < -0.4 is 10.2 Å². The summed E-state index contributed by atoms with van der Waals surface area (Å²) >= 11 is 0. The average molecular weight is 235 g/mol. The van der Waals surface area contributed by atoms with Gasteiger partial charge in [0.05, 0.1) is 4.92 Å². The standard InChI is InChI=1S/C12H17N3O2/c1-9-7-14(8-10(2)13-9)11-4-3-5-12(6-11)15(16)17/h3-6,9-10,13H,7-8H2,1-2H3. The smallest absolute Gasteiger partial charge is 0.271 e. The van der Waals surface area contributed by atoms with Gasteiger partial charge in [0.25, 0.3) is 5.69 Å². The van der Waals surface area contributed by atoms with Gasteiger partial charge in [-0.15, -0.1) is 0 Å². The molecule has 5 nitrogen and oxygen atoms in total. The summed E-state index contributed by atoms with van der Waals surface area (Å²) < 4.78 is 0. The lowest BCUT2D eigenvalue weighted by Gasteiger charge is -2.37. The zero-order chi connectivity index (χ0) is 12.4. The Morgan fingerprint density at radius 2 is 2.00 bits per heavy atom. The second-order valence-electron chi connectivity index (χ2n) is 4.65. The van der Waals surface area contributed by atoms with Crippen LogP contribution in [0.2, 0.25) is 0 Å². The number of piperazine rings is 1. The van der Waals surface area contributed by atoms with E-state index >= 15 is 0 Å². The van der Waals surface area contributed by atoms with E-state index in [1.165, 1.54) is 6.07 Å². The van der Waals surface area contributed by atoms with E-state index in [1.54, 1.807) is 12.1 Å². The molecule has 1 N–H and O–H groups in total. The first-order chi connectivity index (χ1) is 8.06. The molecule has 2 unspecified atom stereocenters. The molecule has 1 aliphatic heterocycles. The van der Waals surface area contributed by atoms with Gasteiger partial charge in [0.2, 0.25) is 0 Å². The van der Waals surface area contributed by atoms with Gasteiger partial charge >= 0.3 is 0 Å². The molecule has 0 aromatic heterocycles. The van der Waals surface area contributed by atoms with Crippen LogP contribution in [0.5, 0.6) is 0 Å². The van der Waals surface area contributed by atoms with Crippen LogP contribution in [0.15, 0.2) is 24.3 Å². The van der Waals surface area contributed by atoms with Crippen molar-refractivity contribution in [2.45, 2.75) is 25.9 Å². The number of nitro groups is 1. The van der Waals surface area contributed by atoms with Crippen molar-refractivity contribution in [3.05, 3.63) is 34.4 Å². The van der Waals surface area contributed by atoms with Crippen molar-refractivity contribution in [2.75, 3.05) is 18.0 Å². The van der Waals surface area contributed by atoms with Crippen LogP contribution in [0.4, 0.5) is 11.4 Å². The first-order valence-corrected chi connectivity index (χ1v) is 5.81. The zero-order valence-electron chi connectivity index (χ0n) is 10.1. The lowest BCUT2D eigenvalue weighted by atomic mass is 10.1. The van der Waals surface area contributed by atoms with E-state index in [2.05, 4.69) is 24.1 Å². The van der Waals surface area contributed by atoms with E-state index in [4.69, 9.17) is 0 Å². The third-order valence-corrected chi connectivity index (χ3v) is 2.96. The molecule has 1 heterocycles. The molecule has 17 heavy (non-hydrogen) atoms.